The molecule has 1 aliphatic carbocycles. The van der Waals surface area contributed by atoms with Gasteiger partial charge in [-0.15, -0.1) is 0 Å². The van der Waals surface area contributed by atoms with Crippen LogP contribution in [0, 0.1) is 0 Å². The average molecular weight is 169 g/mol. The Morgan fingerprint density at radius 2 is 2.42 bits per heavy atom. The lowest BCUT2D eigenvalue weighted by Gasteiger charge is -2.24. The van der Waals surface area contributed by atoms with E-state index in [2.05, 4.69) is 10.1 Å². The van der Waals surface area contributed by atoms with Crippen molar-refractivity contribution in [3.05, 3.63) is 5.89 Å². The molecule has 0 radical (unpaired) electrons. The molecule has 1 aliphatic rings. The summed E-state index contributed by atoms with van der Waals surface area (Å²) in [5.74, 6) is 0.626. The fraction of sp³-hybridized carbons (Fsp3) is 0.714. The number of ether oxygens (including phenoxy) is 1. The highest BCUT2D eigenvalue weighted by molar-refractivity contribution is 5.09. The van der Waals surface area contributed by atoms with Gasteiger partial charge in [0.2, 0.25) is 0 Å². The molecule has 2 N–H and O–H groups in total. The van der Waals surface area contributed by atoms with E-state index < -0.39 is 0 Å². The number of nitrogen functional groups attached to an aromatic ring is 1. The highest BCUT2D eigenvalue weighted by atomic mass is 16.5. The van der Waals surface area contributed by atoms with E-state index in [9.17, 15) is 0 Å². The Balaban J connectivity index is 1.79. The van der Waals surface area contributed by atoms with Gasteiger partial charge >= 0.3 is 0 Å². The predicted molar refractivity (Wildman–Crippen MR) is 41.1 cm³/mol. The summed E-state index contributed by atoms with van der Waals surface area (Å²) in [4.78, 5) is 3.82. The normalized spacial score (nSPS) is 17.7. The van der Waals surface area contributed by atoms with Crippen LogP contribution in [0.5, 0.6) is 0 Å². The fourth-order valence-electron chi connectivity index (χ4n) is 1.05. The summed E-state index contributed by atoms with van der Waals surface area (Å²) >= 11 is 0. The van der Waals surface area contributed by atoms with Gasteiger partial charge in [0, 0.05) is 0 Å². The first kappa shape index (κ1) is 7.54. The molecule has 0 atom stereocenters. The molecule has 1 aromatic heterocycles. The van der Waals surface area contributed by atoms with Crippen molar-refractivity contribution >= 4 is 5.95 Å². The summed E-state index contributed by atoms with van der Waals surface area (Å²) in [5, 5.41) is 3.45. The van der Waals surface area contributed by atoms with Crippen LogP contribution >= 0.6 is 0 Å². The Morgan fingerprint density at radius 1 is 1.58 bits per heavy atom. The number of anilines is 1. The molecule has 0 saturated heterocycles. The Kier molecular flexibility index (Phi) is 1.95. The van der Waals surface area contributed by atoms with Gasteiger partial charge in [-0.3, -0.25) is 0 Å². The Bertz CT molecular complexity index is 257. The Labute approximate surface area is 69.9 Å². The topological polar surface area (TPSA) is 74.2 Å². The van der Waals surface area contributed by atoms with E-state index >= 15 is 0 Å². The zero-order valence-corrected chi connectivity index (χ0v) is 6.69. The largest absolute Gasteiger partial charge is 0.368 e. The second-order valence-corrected chi connectivity index (χ2v) is 2.91. The first-order valence-electron chi connectivity index (χ1n) is 4.04. The molecule has 0 bridgehead atoms. The molecule has 0 aliphatic heterocycles. The van der Waals surface area contributed by atoms with E-state index in [0.29, 0.717) is 18.6 Å². The van der Waals surface area contributed by atoms with E-state index in [1.807, 2.05) is 0 Å². The molecule has 12 heavy (non-hydrogen) atoms. The maximum absolute atomic E-state index is 5.43. The van der Waals surface area contributed by atoms with E-state index in [0.717, 1.165) is 12.8 Å². The number of nitrogens with two attached hydrogens (primary N) is 1. The highest BCUT2D eigenvalue weighted by Crippen LogP contribution is 2.22. The van der Waals surface area contributed by atoms with Crippen molar-refractivity contribution < 1.29 is 9.26 Å². The lowest BCUT2D eigenvalue weighted by molar-refractivity contribution is -0.0192. The van der Waals surface area contributed by atoms with Crippen LogP contribution in [0.25, 0.3) is 0 Å². The molecule has 5 nitrogen and oxygen atoms in total. The van der Waals surface area contributed by atoms with Gasteiger partial charge in [-0.25, -0.2) is 0 Å². The van der Waals surface area contributed by atoms with Gasteiger partial charge in [0.25, 0.3) is 11.8 Å². The smallest absolute Gasteiger partial charge is 0.260 e. The summed E-state index contributed by atoms with van der Waals surface area (Å²) in [6.45, 7) is 0.384. The van der Waals surface area contributed by atoms with Crippen LogP contribution in [0.15, 0.2) is 4.52 Å². The molecular formula is C7H11N3O2. The summed E-state index contributed by atoms with van der Waals surface area (Å²) in [5.41, 5.74) is 5.26. The molecule has 0 unspecified atom stereocenters. The van der Waals surface area contributed by atoms with Crippen molar-refractivity contribution in [2.75, 3.05) is 5.73 Å². The molecule has 2 rings (SSSR count). The summed E-state index contributed by atoms with van der Waals surface area (Å²) in [6.07, 6.45) is 3.93. The molecule has 1 aromatic rings. The number of hydrogen-bond donors (Lipinski definition) is 1. The molecule has 1 heterocycles. The highest BCUT2D eigenvalue weighted by Gasteiger charge is 2.18. The van der Waals surface area contributed by atoms with E-state index in [4.69, 9.17) is 15.0 Å². The van der Waals surface area contributed by atoms with Gasteiger partial charge in [0.1, 0.15) is 6.61 Å². The van der Waals surface area contributed by atoms with E-state index in [1.54, 1.807) is 0 Å². The minimum absolute atomic E-state index is 0.169. The first-order valence-corrected chi connectivity index (χ1v) is 4.04. The van der Waals surface area contributed by atoms with Gasteiger partial charge in [0.05, 0.1) is 6.10 Å². The van der Waals surface area contributed by atoms with Gasteiger partial charge in [-0.05, 0) is 24.4 Å². The van der Waals surface area contributed by atoms with Crippen molar-refractivity contribution in [3.8, 4) is 0 Å². The second kappa shape index (κ2) is 3.10. The van der Waals surface area contributed by atoms with Crippen molar-refractivity contribution in [1.82, 2.24) is 10.1 Å². The van der Waals surface area contributed by atoms with E-state index in [1.165, 1.54) is 6.42 Å². The zero-order valence-electron chi connectivity index (χ0n) is 6.69. The molecule has 0 spiro atoms. The van der Waals surface area contributed by atoms with Gasteiger partial charge in [-0.1, -0.05) is 0 Å². The number of aromatic nitrogens is 2. The number of rotatable bonds is 3. The summed E-state index contributed by atoms with van der Waals surface area (Å²) in [7, 11) is 0. The maximum atomic E-state index is 5.43. The fourth-order valence-corrected chi connectivity index (χ4v) is 1.05. The molecule has 0 aromatic carbocycles. The third-order valence-electron chi connectivity index (χ3n) is 1.98. The van der Waals surface area contributed by atoms with Crippen LogP contribution in [0.3, 0.4) is 0 Å². The number of hydrogen-bond acceptors (Lipinski definition) is 5. The van der Waals surface area contributed by atoms with Crippen molar-refractivity contribution in [3.63, 3.8) is 0 Å². The second-order valence-electron chi connectivity index (χ2n) is 2.91. The number of nitrogens with zero attached hydrogens (tertiary/aromatic N) is 2. The zero-order chi connectivity index (χ0) is 8.39. The molecule has 1 saturated carbocycles. The van der Waals surface area contributed by atoms with Crippen LogP contribution in [0.4, 0.5) is 5.95 Å². The minimum atomic E-state index is 0.169. The third-order valence-corrected chi connectivity index (χ3v) is 1.98. The Morgan fingerprint density at radius 3 is 2.92 bits per heavy atom. The molecule has 66 valence electrons. The predicted octanol–water partition coefficient (Wildman–Crippen LogP) is 0.721. The third kappa shape index (κ3) is 1.55. The molecule has 1 fully saturated rings. The molecule has 0 amide bonds. The van der Waals surface area contributed by atoms with Crippen molar-refractivity contribution in [2.24, 2.45) is 0 Å². The maximum Gasteiger partial charge on any atom is 0.260 e. The van der Waals surface area contributed by atoms with Crippen LogP contribution in [-0.2, 0) is 11.3 Å². The monoisotopic (exact) mass is 169 g/mol. The summed E-state index contributed by atoms with van der Waals surface area (Å²) < 4.78 is 10.2. The van der Waals surface area contributed by atoms with Crippen molar-refractivity contribution in [1.29, 1.82) is 0 Å². The molecular weight excluding hydrogens is 158 g/mol. The van der Waals surface area contributed by atoms with Crippen LogP contribution in [0.1, 0.15) is 25.2 Å². The standard InChI is InChI=1S/C7H11N3O2/c8-7-9-6(12-10-7)4-11-5-2-1-3-5/h5H,1-4H2,(H2,8,10). The first-order chi connectivity index (χ1) is 5.84. The average Bonchev–Trinajstić information content (AvgIpc) is 2.32. The quantitative estimate of drug-likeness (QED) is 0.721. The van der Waals surface area contributed by atoms with Gasteiger partial charge in [-0.2, -0.15) is 4.98 Å². The molecule has 5 heteroatoms. The Hall–Kier alpha value is -1.10. The van der Waals surface area contributed by atoms with Crippen LogP contribution < -0.4 is 5.73 Å². The van der Waals surface area contributed by atoms with Gasteiger partial charge < -0.3 is 15.0 Å². The van der Waals surface area contributed by atoms with Crippen LogP contribution in [0.2, 0.25) is 0 Å². The lowest BCUT2D eigenvalue weighted by atomic mass is 9.96. The summed E-state index contributed by atoms with van der Waals surface area (Å²) in [6, 6.07) is 0. The lowest BCUT2D eigenvalue weighted by Crippen LogP contribution is -2.21. The van der Waals surface area contributed by atoms with E-state index in [-0.39, 0.29) is 5.95 Å². The van der Waals surface area contributed by atoms with Crippen molar-refractivity contribution in [2.45, 2.75) is 32.0 Å². The SMILES string of the molecule is Nc1noc(COC2CCC2)n1. The van der Waals surface area contributed by atoms with Crippen LogP contribution in [-0.4, -0.2) is 16.2 Å². The van der Waals surface area contributed by atoms with Gasteiger partial charge in [0.15, 0.2) is 0 Å². The minimum Gasteiger partial charge on any atom is -0.368 e.